The van der Waals surface area contributed by atoms with Gasteiger partial charge in [0.1, 0.15) is 0 Å². The van der Waals surface area contributed by atoms with Crippen LogP contribution in [0.3, 0.4) is 0 Å². The van der Waals surface area contributed by atoms with Crippen LogP contribution in [0.15, 0.2) is 30.8 Å². The van der Waals surface area contributed by atoms with Gasteiger partial charge in [-0.05, 0) is 36.3 Å². The van der Waals surface area contributed by atoms with Crippen molar-refractivity contribution in [3.05, 3.63) is 42.0 Å². The van der Waals surface area contributed by atoms with E-state index in [1.807, 2.05) is 6.08 Å². The molecule has 0 bridgehead atoms. The summed E-state index contributed by atoms with van der Waals surface area (Å²) in [5.41, 5.74) is 2.67. The molecule has 1 aromatic carbocycles. The van der Waals surface area contributed by atoms with E-state index in [1.165, 1.54) is 81.8 Å². The Morgan fingerprint density at radius 1 is 0.857 bits per heavy atom. The number of carboxylic acid groups (broad SMARTS) is 1. The quantitative estimate of drug-likeness (QED) is 0.257. The maximum absolute atomic E-state index is 10.6. The van der Waals surface area contributed by atoms with E-state index in [4.69, 9.17) is 5.11 Å². The largest absolute Gasteiger partial charge is 0.481 e. The zero-order valence-corrected chi connectivity index (χ0v) is 18.1. The van der Waals surface area contributed by atoms with Crippen molar-refractivity contribution in [1.29, 1.82) is 0 Å². The van der Waals surface area contributed by atoms with Gasteiger partial charge in [-0.25, -0.2) is 0 Å². The molecule has 1 atom stereocenters. The highest BCUT2D eigenvalue weighted by Crippen LogP contribution is 2.29. The summed E-state index contributed by atoms with van der Waals surface area (Å²) in [6, 6.07) is 8.95. The van der Waals surface area contributed by atoms with Crippen molar-refractivity contribution < 1.29 is 9.90 Å². The van der Waals surface area contributed by atoms with Crippen molar-refractivity contribution in [3.63, 3.8) is 0 Å². The van der Waals surface area contributed by atoms with Crippen molar-refractivity contribution in [3.8, 4) is 0 Å². The minimum atomic E-state index is -0.669. The number of aliphatic carboxylic acids is 1. The minimum Gasteiger partial charge on any atom is -0.481 e. The van der Waals surface area contributed by atoms with Gasteiger partial charge in [-0.1, -0.05) is 114 Å². The van der Waals surface area contributed by atoms with Crippen LogP contribution in [-0.4, -0.2) is 11.1 Å². The van der Waals surface area contributed by atoms with Gasteiger partial charge in [0.2, 0.25) is 0 Å². The topological polar surface area (TPSA) is 37.3 Å². The molecule has 0 fully saturated rings. The molecular weight excluding hydrogens is 344 g/mol. The summed E-state index contributed by atoms with van der Waals surface area (Å²) in [6.45, 7) is 6.13. The Hall–Kier alpha value is -1.57. The van der Waals surface area contributed by atoms with Crippen molar-refractivity contribution in [1.82, 2.24) is 0 Å². The predicted molar refractivity (Wildman–Crippen MR) is 122 cm³/mol. The normalized spacial score (nSPS) is 12.0. The molecule has 1 N–H and O–H groups in total. The second-order valence-corrected chi connectivity index (χ2v) is 8.18. The van der Waals surface area contributed by atoms with Crippen LogP contribution in [0, 0.1) is 0 Å². The molecule has 28 heavy (non-hydrogen) atoms. The summed E-state index contributed by atoms with van der Waals surface area (Å²) >= 11 is 0. The first-order valence-electron chi connectivity index (χ1n) is 11.6. The Morgan fingerprint density at radius 3 is 1.86 bits per heavy atom. The maximum atomic E-state index is 10.6. The van der Waals surface area contributed by atoms with Gasteiger partial charge in [0, 0.05) is 6.42 Å². The molecule has 1 aromatic rings. The summed E-state index contributed by atoms with van der Waals surface area (Å²) in [5, 5.41) is 8.71. The summed E-state index contributed by atoms with van der Waals surface area (Å²) in [7, 11) is 0. The van der Waals surface area contributed by atoms with E-state index in [0.717, 1.165) is 19.3 Å². The number of hydrogen-bond donors (Lipinski definition) is 1. The van der Waals surface area contributed by atoms with Crippen molar-refractivity contribution >= 4 is 12.0 Å². The van der Waals surface area contributed by atoms with Crippen LogP contribution >= 0.6 is 0 Å². The fourth-order valence-corrected chi connectivity index (χ4v) is 3.93. The van der Waals surface area contributed by atoms with E-state index in [1.54, 1.807) is 0 Å². The van der Waals surface area contributed by atoms with Gasteiger partial charge in [-0.3, -0.25) is 4.79 Å². The predicted octanol–water partition coefficient (Wildman–Crippen LogP) is 8.37. The highest BCUT2D eigenvalue weighted by molar-refractivity contribution is 5.66. The molecule has 1 unspecified atom stereocenters. The molecule has 0 aliphatic rings. The van der Waals surface area contributed by atoms with Crippen molar-refractivity contribution in [2.45, 2.75) is 109 Å². The molecule has 0 aromatic heterocycles. The minimum absolute atomic E-state index is 0.316. The molecule has 0 spiro atoms. The summed E-state index contributed by atoms with van der Waals surface area (Å²) < 4.78 is 0. The monoisotopic (exact) mass is 386 g/mol. The molecule has 0 amide bonds. The Balaban J connectivity index is 2.35. The Kier molecular flexibility index (Phi) is 14.3. The number of rotatable bonds is 18. The molecule has 1 rings (SSSR count). The van der Waals surface area contributed by atoms with Gasteiger partial charge in [-0.15, -0.1) is 0 Å². The van der Waals surface area contributed by atoms with Crippen LogP contribution < -0.4 is 0 Å². The van der Waals surface area contributed by atoms with Gasteiger partial charge < -0.3 is 5.11 Å². The van der Waals surface area contributed by atoms with Gasteiger partial charge in [0.25, 0.3) is 0 Å². The molecule has 0 saturated heterocycles. The second-order valence-electron chi connectivity index (χ2n) is 8.18. The van der Waals surface area contributed by atoms with Crippen LogP contribution in [0.4, 0.5) is 0 Å². The van der Waals surface area contributed by atoms with E-state index >= 15 is 0 Å². The molecule has 2 heteroatoms. The van der Waals surface area contributed by atoms with Crippen molar-refractivity contribution in [2.24, 2.45) is 0 Å². The van der Waals surface area contributed by atoms with E-state index in [0.29, 0.717) is 12.3 Å². The zero-order chi connectivity index (χ0) is 20.5. The first kappa shape index (κ1) is 24.5. The van der Waals surface area contributed by atoms with Gasteiger partial charge in [-0.2, -0.15) is 0 Å². The molecule has 0 aliphatic carbocycles. The summed E-state index contributed by atoms with van der Waals surface area (Å²) in [4.78, 5) is 10.6. The third-order valence-corrected chi connectivity index (χ3v) is 5.74. The lowest BCUT2D eigenvalue weighted by Crippen LogP contribution is -2.00. The van der Waals surface area contributed by atoms with Crippen LogP contribution in [0.5, 0.6) is 0 Å². The molecule has 0 heterocycles. The van der Waals surface area contributed by atoms with Crippen LogP contribution in [0.2, 0.25) is 0 Å². The fourth-order valence-electron chi connectivity index (χ4n) is 3.93. The molecule has 2 nitrogen and oxygen atoms in total. The highest BCUT2D eigenvalue weighted by atomic mass is 16.4. The lowest BCUT2D eigenvalue weighted by atomic mass is 9.87. The third kappa shape index (κ3) is 12.0. The molecular formula is C26H42O2. The maximum Gasteiger partial charge on any atom is 0.303 e. The number of hydrogen-bond acceptors (Lipinski definition) is 1. The Bertz CT molecular complexity index is 518. The lowest BCUT2D eigenvalue weighted by Gasteiger charge is -2.18. The summed E-state index contributed by atoms with van der Waals surface area (Å²) in [5.74, 6) is -0.00810. The van der Waals surface area contributed by atoms with E-state index < -0.39 is 5.97 Å². The standard InChI is InChI=1S/C26H42O2/c1-3-5-6-7-8-10-13-16-24(25-21-19-23(4-2)20-22-25)17-14-11-9-12-15-18-26(27)28/h4,19-22,24H,2-3,5-18H2,1H3,(H,27,28). The van der Waals surface area contributed by atoms with E-state index in [2.05, 4.69) is 37.8 Å². The average molecular weight is 387 g/mol. The molecule has 158 valence electrons. The first-order valence-corrected chi connectivity index (χ1v) is 11.6. The van der Waals surface area contributed by atoms with E-state index in [9.17, 15) is 4.79 Å². The van der Waals surface area contributed by atoms with Crippen LogP contribution in [0.1, 0.15) is 120 Å². The number of carbonyl (C=O) groups is 1. The zero-order valence-electron chi connectivity index (χ0n) is 18.1. The van der Waals surface area contributed by atoms with Gasteiger partial charge >= 0.3 is 5.97 Å². The number of carboxylic acids is 1. The molecule has 0 radical (unpaired) electrons. The van der Waals surface area contributed by atoms with Crippen LogP contribution in [0.25, 0.3) is 6.08 Å². The summed E-state index contributed by atoms with van der Waals surface area (Å²) in [6.07, 6.45) is 19.8. The molecule has 0 aliphatic heterocycles. The smallest absolute Gasteiger partial charge is 0.303 e. The third-order valence-electron chi connectivity index (χ3n) is 5.74. The average Bonchev–Trinajstić information content (AvgIpc) is 2.70. The number of unbranched alkanes of at least 4 members (excludes halogenated alkanes) is 10. The van der Waals surface area contributed by atoms with Gasteiger partial charge in [0.15, 0.2) is 0 Å². The highest BCUT2D eigenvalue weighted by Gasteiger charge is 2.11. The fraction of sp³-hybridized carbons (Fsp3) is 0.654. The number of benzene rings is 1. The second kappa shape index (κ2) is 16.4. The Labute approximate surface area is 173 Å². The van der Waals surface area contributed by atoms with Crippen molar-refractivity contribution in [2.75, 3.05) is 0 Å². The lowest BCUT2D eigenvalue weighted by molar-refractivity contribution is -0.137. The SMILES string of the molecule is C=Cc1ccc(C(CCCCCCCCC)CCCCCCCC(=O)O)cc1. The van der Waals surface area contributed by atoms with E-state index in [-0.39, 0.29) is 0 Å². The first-order chi connectivity index (χ1) is 13.7. The Morgan fingerprint density at radius 2 is 1.36 bits per heavy atom. The van der Waals surface area contributed by atoms with Gasteiger partial charge in [0.05, 0.1) is 0 Å². The molecule has 0 saturated carbocycles. The van der Waals surface area contributed by atoms with Crippen LogP contribution in [-0.2, 0) is 4.79 Å².